The Morgan fingerprint density at radius 3 is 2.58 bits per heavy atom. The molecule has 1 N–H and O–H groups in total. The number of hydrogen-bond acceptors (Lipinski definition) is 4. The van der Waals surface area contributed by atoms with E-state index in [2.05, 4.69) is 0 Å². The second-order valence-corrected chi connectivity index (χ2v) is 7.14. The predicted octanol–water partition coefficient (Wildman–Crippen LogP) is 4.00. The Bertz CT molecular complexity index is 795. The van der Waals surface area contributed by atoms with Gasteiger partial charge in [-0.25, -0.2) is 14.0 Å². The van der Waals surface area contributed by atoms with Gasteiger partial charge in [-0.15, -0.1) is 5.48 Å². The first kappa shape index (κ1) is 18.5. The van der Waals surface area contributed by atoms with Crippen LogP contribution < -0.4 is 5.48 Å². The minimum absolute atomic E-state index is 0.245. The summed E-state index contributed by atoms with van der Waals surface area (Å²) in [5.41, 5.74) is 2.22. The van der Waals surface area contributed by atoms with Crippen molar-refractivity contribution < 1.29 is 23.6 Å². The summed E-state index contributed by atoms with van der Waals surface area (Å²) in [6.07, 6.45) is -0.865. The van der Waals surface area contributed by atoms with Gasteiger partial charge in [-0.1, -0.05) is 0 Å². The van der Waals surface area contributed by atoms with Crippen molar-refractivity contribution in [1.29, 1.82) is 0 Å². The quantitative estimate of drug-likeness (QED) is 0.557. The van der Waals surface area contributed by atoms with Crippen LogP contribution in [0, 0.1) is 9.39 Å². The van der Waals surface area contributed by atoms with Crippen molar-refractivity contribution in [2.24, 2.45) is 0 Å². The summed E-state index contributed by atoms with van der Waals surface area (Å²) in [5.74, 6) is -1.14. The monoisotopic (exact) mass is 448 g/mol. The molecular weight excluding hydrogens is 430 g/mol. The molecule has 2 rings (SSSR count). The van der Waals surface area contributed by atoms with Gasteiger partial charge in [0, 0.05) is 17.4 Å². The maximum Gasteiger partial charge on any atom is 0.441 e. The number of carbonyl (C=O) groups is 2. The summed E-state index contributed by atoms with van der Waals surface area (Å²) in [5, 5.41) is 0.613. The van der Waals surface area contributed by atoms with E-state index >= 15 is 0 Å². The highest BCUT2D eigenvalue weighted by molar-refractivity contribution is 14.1. The lowest BCUT2D eigenvalue weighted by Gasteiger charge is -2.19. The maximum atomic E-state index is 13.5. The number of fused-ring (bicyclic) bond motifs is 1. The number of benzene rings is 1. The Balaban J connectivity index is 2.26. The van der Waals surface area contributed by atoms with Gasteiger partial charge in [-0.3, -0.25) is 0 Å². The zero-order valence-corrected chi connectivity index (χ0v) is 15.9. The molecule has 24 heavy (non-hydrogen) atoms. The molecule has 2 aromatic rings. The summed E-state index contributed by atoms with van der Waals surface area (Å²) in [6.45, 7) is 7.43. The second-order valence-electron chi connectivity index (χ2n) is 6.06. The van der Waals surface area contributed by atoms with Gasteiger partial charge in [0.25, 0.3) is 0 Å². The summed E-state index contributed by atoms with van der Waals surface area (Å²) in [6, 6.07) is 4.30. The van der Waals surface area contributed by atoms with E-state index in [0.717, 1.165) is 0 Å². The van der Waals surface area contributed by atoms with Crippen LogP contribution in [-0.4, -0.2) is 22.2 Å². The molecule has 0 saturated carbocycles. The van der Waals surface area contributed by atoms with Crippen molar-refractivity contribution in [2.75, 3.05) is 0 Å². The molecule has 1 aromatic carbocycles. The highest BCUT2D eigenvalue weighted by atomic mass is 127. The zero-order valence-electron chi connectivity index (χ0n) is 13.8. The van der Waals surface area contributed by atoms with Crippen molar-refractivity contribution in [3.05, 3.63) is 33.3 Å². The Labute approximate surface area is 152 Å². The van der Waals surface area contributed by atoms with Gasteiger partial charge in [-0.05, 0) is 68.5 Å². The van der Waals surface area contributed by atoms with Crippen LogP contribution in [0.15, 0.2) is 18.2 Å². The molecule has 6 nitrogen and oxygen atoms in total. The number of hydroxylamine groups is 1. The van der Waals surface area contributed by atoms with Crippen LogP contribution in [0.2, 0.25) is 0 Å². The molecule has 0 aliphatic rings. The molecular formula is C16H18FIN2O4. The SMILES string of the molecule is CCn1c(C(=O)ONC(=O)OC(C)(C)C)c(I)c2cc(F)ccc21. The van der Waals surface area contributed by atoms with E-state index < -0.39 is 17.7 Å². The number of halogens is 2. The first-order valence-electron chi connectivity index (χ1n) is 7.31. The first-order valence-corrected chi connectivity index (χ1v) is 8.39. The van der Waals surface area contributed by atoms with E-state index in [1.807, 2.05) is 35.0 Å². The third kappa shape index (κ3) is 3.97. The molecule has 0 spiro atoms. The van der Waals surface area contributed by atoms with Gasteiger partial charge in [0.15, 0.2) is 0 Å². The molecule has 0 saturated heterocycles. The fourth-order valence-electron chi connectivity index (χ4n) is 2.25. The summed E-state index contributed by atoms with van der Waals surface area (Å²) < 4.78 is 20.7. The lowest BCUT2D eigenvalue weighted by molar-refractivity contribution is -0.00199. The summed E-state index contributed by atoms with van der Waals surface area (Å²) in [7, 11) is 0. The zero-order chi connectivity index (χ0) is 18.1. The van der Waals surface area contributed by atoms with E-state index in [9.17, 15) is 14.0 Å². The molecule has 1 heterocycles. The predicted molar refractivity (Wildman–Crippen MR) is 95.1 cm³/mol. The molecule has 0 bridgehead atoms. The Kier molecular flexibility index (Phi) is 5.36. The minimum atomic E-state index is -0.865. The van der Waals surface area contributed by atoms with E-state index in [1.54, 1.807) is 31.4 Å². The second kappa shape index (κ2) is 6.96. The number of hydrogen-bond donors (Lipinski definition) is 1. The lowest BCUT2D eigenvalue weighted by atomic mass is 10.2. The first-order chi connectivity index (χ1) is 11.1. The number of aryl methyl sites for hydroxylation is 1. The van der Waals surface area contributed by atoms with E-state index in [4.69, 9.17) is 9.57 Å². The molecule has 0 unspecified atom stereocenters. The number of ether oxygens (including phenoxy) is 1. The van der Waals surface area contributed by atoms with Gasteiger partial charge >= 0.3 is 12.1 Å². The largest absolute Gasteiger partial charge is 0.442 e. The number of nitrogens with one attached hydrogen (secondary N) is 1. The molecule has 130 valence electrons. The van der Waals surface area contributed by atoms with Gasteiger partial charge in [0.2, 0.25) is 0 Å². The molecule has 0 fully saturated rings. The van der Waals surface area contributed by atoms with Crippen molar-refractivity contribution >= 4 is 45.6 Å². The van der Waals surface area contributed by atoms with Crippen LogP contribution in [0.5, 0.6) is 0 Å². The Morgan fingerprint density at radius 2 is 2.00 bits per heavy atom. The number of carbonyl (C=O) groups excluding carboxylic acids is 2. The standard InChI is InChI=1S/C16H18FIN2O4/c1-5-20-11-7-6-9(17)8-10(11)12(18)13(20)14(21)24-19-15(22)23-16(2,3)4/h6-8H,5H2,1-4H3,(H,19,22). The molecule has 0 radical (unpaired) electrons. The Hall–Kier alpha value is -1.84. The van der Waals surface area contributed by atoms with Gasteiger partial charge < -0.3 is 14.1 Å². The van der Waals surface area contributed by atoms with Gasteiger partial charge in [0.1, 0.15) is 17.1 Å². The van der Waals surface area contributed by atoms with Crippen molar-refractivity contribution in [1.82, 2.24) is 10.0 Å². The normalized spacial score (nSPS) is 11.4. The third-order valence-electron chi connectivity index (χ3n) is 3.10. The average molecular weight is 448 g/mol. The number of aromatic nitrogens is 1. The van der Waals surface area contributed by atoms with Crippen LogP contribution in [0.25, 0.3) is 10.9 Å². The average Bonchev–Trinajstić information content (AvgIpc) is 2.75. The van der Waals surface area contributed by atoms with Crippen LogP contribution in [-0.2, 0) is 16.1 Å². The number of nitrogens with zero attached hydrogens (tertiary/aromatic N) is 1. The number of amides is 1. The van der Waals surface area contributed by atoms with Gasteiger partial charge in [-0.2, -0.15) is 0 Å². The van der Waals surface area contributed by atoms with Crippen molar-refractivity contribution in [3.63, 3.8) is 0 Å². The fourth-order valence-corrected chi connectivity index (χ4v) is 3.19. The molecule has 0 aliphatic heterocycles. The highest BCUT2D eigenvalue weighted by Crippen LogP contribution is 2.29. The minimum Gasteiger partial charge on any atom is -0.442 e. The maximum absolute atomic E-state index is 13.5. The molecule has 1 amide bonds. The van der Waals surface area contributed by atoms with Crippen LogP contribution >= 0.6 is 22.6 Å². The fraction of sp³-hybridized carbons (Fsp3) is 0.375. The van der Waals surface area contributed by atoms with Gasteiger partial charge in [0.05, 0.1) is 3.57 Å². The topological polar surface area (TPSA) is 69.6 Å². The van der Waals surface area contributed by atoms with Crippen molar-refractivity contribution in [3.8, 4) is 0 Å². The highest BCUT2D eigenvalue weighted by Gasteiger charge is 2.24. The summed E-state index contributed by atoms with van der Waals surface area (Å²) >= 11 is 1.96. The molecule has 1 aromatic heterocycles. The van der Waals surface area contributed by atoms with Crippen molar-refractivity contribution in [2.45, 2.75) is 39.8 Å². The van der Waals surface area contributed by atoms with E-state index in [0.29, 0.717) is 21.0 Å². The van der Waals surface area contributed by atoms with Crippen LogP contribution in [0.3, 0.4) is 0 Å². The van der Waals surface area contributed by atoms with E-state index in [1.165, 1.54) is 12.1 Å². The molecule has 0 aliphatic carbocycles. The smallest absolute Gasteiger partial charge is 0.441 e. The summed E-state index contributed by atoms with van der Waals surface area (Å²) in [4.78, 5) is 28.8. The van der Waals surface area contributed by atoms with E-state index in [-0.39, 0.29) is 11.5 Å². The number of rotatable bonds is 2. The van der Waals surface area contributed by atoms with Crippen LogP contribution in [0.4, 0.5) is 9.18 Å². The Morgan fingerprint density at radius 1 is 1.33 bits per heavy atom. The molecule has 0 atom stereocenters. The van der Waals surface area contributed by atoms with Crippen LogP contribution in [0.1, 0.15) is 38.2 Å². The third-order valence-corrected chi connectivity index (χ3v) is 4.19. The molecule has 8 heteroatoms. The lowest BCUT2D eigenvalue weighted by Crippen LogP contribution is -2.34.